The molecule has 0 bridgehead atoms. The van der Waals surface area contributed by atoms with Crippen LogP contribution in [-0.2, 0) is 4.79 Å². The molecule has 0 unspecified atom stereocenters. The molecule has 1 amide bonds. The molecule has 1 N–H and O–H groups in total. The van der Waals surface area contributed by atoms with Crippen LogP contribution >= 0.6 is 11.6 Å². The van der Waals surface area contributed by atoms with Gasteiger partial charge >= 0.3 is 0 Å². The number of aromatic nitrogens is 2. The zero-order valence-corrected chi connectivity index (χ0v) is 16.8. The smallest absolute Gasteiger partial charge is 0.267 e. The third kappa shape index (κ3) is 4.15. The van der Waals surface area contributed by atoms with Crippen molar-refractivity contribution in [1.82, 2.24) is 9.78 Å². The van der Waals surface area contributed by atoms with E-state index in [1.54, 1.807) is 24.3 Å². The highest BCUT2D eigenvalue weighted by molar-refractivity contribution is 6.31. The second kappa shape index (κ2) is 8.40. The molecule has 0 aliphatic heterocycles. The first kappa shape index (κ1) is 19.8. The molecule has 5 nitrogen and oxygen atoms in total. The predicted molar refractivity (Wildman–Crippen MR) is 113 cm³/mol. The van der Waals surface area contributed by atoms with Gasteiger partial charge in [-0.15, -0.1) is 0 Å². The van der Waals surface area contributed by atoms with Gasteiger partial charge in [-0.25, -0.2) is 4.68 Å². The van der Waals surface area contributed by atoms with Crippen molar-refractivity contribution in [3.8, 4) is 11.3 Å². The van der Waals surface area contributed by atoms with Crippen LogP contribution in [0, 0.1) is 13.8 Å². The SMILES string of the molecule is CC[C@H](C(=O)Nc1cccc(Cl)c1C)n1nc(-c2ccc(C)cc2)ccc1=O. The number of carbonyl (C=O) groups is 1. The summed E-state index contributed by atoms with van der Waals surface area (Å²) in [6.45, 7) is 5.69. The van der Waals surface area contributed by atoms with Crippen molar-refractivity contribution < 1.29 is 4.79 Å². The summed E-state index contributed by atoms with van der Waals surface area (Å²) in [6, 6.07) is 15.6. The largest absolute Gasteiger partial charge is 0.324 e. The van der Waals surface area contributed by atoms with Gasteiger partial charge in [0.1, 0.15) is 6.04 Å². The summed E-state index contributed by atoms with van der Waals surface area (Å²) in [5, 5.41) is 7.91. The van der Waals surface area contributed by atoms with E-state index in [1.807, 2.05) is 45.0 Å². The van der Waals surface area contributed by atoms with Crippen LogP contribution in [0.25, 0.3) is 11.3 Å². The topological polar surface area (TPSA) is 64.0 Å². The van der Waals surface area contributed by atoms with Gasteiger partial charge in [-0.1, -0.05) is 54.4 Å². The number of aryl methyl sites for hydroxylation is 1. The summed E-state index contributed by atoms with van der Waals surface area (Å²) < 4.78 is 1.25. The molecule has 0 spiro atoms. The summed E-state index contributed by atoms with van der Waals surface area (Å²) in [4.78, 5) is 25.3. The molecule has 1 atom stereocenters. The Morgan fingerprint density at radius 3 is 2.50 bits per heavy atom. The lowest BCUT2D eigenvalue weighted by Crippen LogP contribution is -2.34. The minimum atomic E-state index is -0.726. The van der Waals surface area contributed by atoms with Crippen LogP contribution in [0.3, 0.4) is 0 Å². The van der Waals surface area contributed by atoms with Crippen molar-refractivity contribution in [2.45, 2.75) is 33.2 Å². The predicted octanol–water partition coefficient (Wildman–Crippen LogP) is 4.77. The lowest BCUT2D eigenvalue weighted by atomic mass is 10.1. The number of halogens is 1. The van der Waals surface area contributed by atoms with E-state index in [4.69, 9.17) is 11.6 Å². The van der Waals surface area contributed by atoms with Gasteiger partial charge < -0.3 is 5.32 Å². The molecule has 2 aromatic carbocycles. The van der Waals surface area contributed by atoms with Crippen molar-refractivity contribution >= 4 is 23.2 Å². The van der Waals surface area contributed by atoms with Gasteiger partial charge in [-0.3, -0.25) is 9.59 Å². The number of nitrogens with one attached hydrogen (secondary N) is 1. The first-order valence-corrected chi connectivity index (χ1v) is 9.51. The average Bonchev–Trinajstić information content (AvgIpc) is 2.68. The summed E-state index contributed by atoms with van der Waals surface area (Å²) in [5.41, 5.74) is 3.75. The Morgan fingerprint density at radius 2 is 1.82 bits per heavy atom. The Kier molecular flexibility index (Phi) is 5.95. The first-order chi connectivity index (χ1) is 13.4. The highest BCUT2D eigenvalue weighted by Crippen LogP contribution is 2.24. The van der Waals surface area contributed by atoms with Crippen molar-refractivity contribution in [3.63, 3.8) is 0 Å². The van der Waals surface area contributed by atoms with Crippen LogP contribution in [0.5, 0.6) is 0 Å². The zero-order chi connectivity index (χ0) is 20.3. The van der Waals surface area contributed by atoms with Crippen LogP contribution < -0.4 is 10.9 Å². The van der Waals surface area contributed by atoms with Gasteiger partial charge in [0.25, 0.3) is 5.56 Å². The second-order valence-electron chi connectivity index (χ2n) is 6.69. The van der Waals surface area contributed by atoms with Crippen LogP contribution in [0.4, 0.5) is 5.69 Å². The fraction of sp³-hybridized carbons (Fsp3) is 0.227. The van der Waals surface area contributed by atoms with Crippen LogP contribution in [-0.4, -0.2) is 15.7 Å². The molecule has 28 heavy (non-hydrogen) atoms. The molecular formula is C22H22ClN3O2. The van der Waals surface area contributed by atoms with Gasteiger partial charge in [-0.2, -0.15) is 5.10 Å². The van der Waals surface area contributed by atoms with Gasteiger partial charge in [0.15, 0.2) is 0 Å². The lowest BCUT2D eigenvalue weighted by molar-refractivity contribution is -0.119. The minimum Gasteiger partial charge on any atom is -0.324 e. The third-order valence-electron chi connectivity index (χ3n) is 4.68. The molecule has 0 radical (unpaired) electrons. The molecule has 0 saturated carbocycles. The normalized spacial score (nSPS) is 11.9. The molecule has 0 aliphatic carbocycles. The van der Waals surface area contributed by atoms with E-state index in [2.05, 4.69) is 10.4 Å². The van der Waals surface area contributed by atoms with Crippen molar-refractivity contribution in [2.75, 3.05) is 5.32 Å². The van der Waals surface area contributed by atoms with Crippen LogP contribution in [0.15, 0.2) is 59.4 Å². The molecule has 3 aromatic rings. The third-order valence-corrected chi connectivity index (χ3v) is 5.09. The molecule has 144 valence electrons. The highest BCUT2D eigenvalue weighted by atomic mass is 35.5. The summed E-state index contributed by atoms with van der Waals surface area (Å²) in [6.07, 6.45) is 0.426. The molecule has 6 heteroatoms. The molecule has 0 aliphatic rings. The van der Waals surface area contributed by atoms with Crippen molar-refractivity contribution in [1.29, 1.82) is 0 Å². The molecular weight excluding hydrogens is 374 g/mol. The maximum Gasteiger partial charge on any atom is 0.267 e. The Morgan fingerprint density at radius 1 is 1.11 bits per heavy atom. The highest BCUT2D eigenvalue weighted by Gasteiger charge is 2.22. The fourth-order valence-electron chi connectivity index (χ4n) is 2.96. The number of rotatable bonds is 5. The van der Waals surface area contributed by atoms with Gasteiger partial charge in [-0.05, 0) is 44.0 Å². The molecule has 1 heterocycles. The number of benzene rings is 2. The average molecular weight is 396 g/mol. The van der Waals surface area contributed by atoms with E-state index in [-0.39, 0.29) is 11.5 Å². The maximum absolute atomic E-state index is 12.9. The summed E-state index contributed by atoms with van der Waals surface area (Å²) >= 11 is 6.13. The summed E-state index contributed by atoms with van der Waals surface area (Å²) in [5.74, 6) is -0.302. The first-order valence-electron chi connectivity index (χ1n) is 9.13. The monoisotopic (exact) mass is 395 g/mol. The second-order valence-corrected chi connectivity index (χ2v) is 7.10. The number of hydrogen-bond donors (Lipinski definition) is 1. The van der Waals surface area contributed by atoms with Crippen molar-refractivity contribution in [2.24, 2.45) is 0 Å². The van der Waals surface area contributed by atoms with Gasteiger partial charge in [0, 0.05) is 22.3 Å². The van der Waals surface area contributed by atoms with E-state index < -0.39 is 6.04 Å². The summed E-state index contributed by atoms with van der Waals surface area (Å²) in [7, 11) is 0. The van der Waals surface area contributed by atoms with Crippen molar-refractivity contribution in [3.05, 3.63) is 81.1 Å². The van der Waals surface area contributed by atoms with Crippen LogP contribution in [0.2, 0.25) is 5.02 Å². The van der Waals surface area contributed by atoms with E-state index in [0.29, 0.717) is 22.8 Å². The van der Waals surface area contributed by atoms with E-state index in [9.17, 15) is 9.59 Å². The molecule has 0 saturated heterocycles. The Labute approximate surface area is 169 Å². The van der Waals surface area contributed by atoms with Gasteiger partial charge in [0.05, 0.1) is 5.69 Å². The zero-order valence-electron chi connectivity index (χ0n) is 16.1. The Bertz CT molecular complexity index is 1060. The van der Waals surface area contributed by atoms with E-state index in [0.717, 1.165) is 16.7 Å². The lowest BCUT2D eigenvalue weighted by Gasteiger charge is -2.18. The number of anilines is 1. The number of hydrogen-bond acceptors (Lipinski definition) is 3. The standard InChI is InChI=1S/C22H22ClN3O2/c1-4-20(22(28)24-18-7-5-6-17(23)15(18)3)26-21(27)13-12-19(25-26)16-10-8-14(2)9-11-16/h5-13,20H,4H2,1-3H3,(H,24,28)/t20-/m1/s1. The maximum atomic E-state index is 12.9. The molecule has 3 rings (SSSR count). The Hall–Kier alpha value is -2.92. The van der Waals surface area contributed by atoms with Gasteiger partial charge in [0.2, 0.25) is 5.91 Å². The molecule has 0 fully saturated rings. The van der Waals surface area contributed by atoms with Crippen LogP contribution in [0.1, 0.15) is 30.5 Å². The van der Waals surface area contributed by atoms with E-state index >= 15 is 0 Å². The number of amides is 1. The molecule has 1 aromatic heterocycles. The Balaban J connectivity index is 1.94. The minimum absolute atomic E-state index is 0.302. The van der Waals surface area contributed by atoms with E-state index in [1.165, 1.54) is 10.7 Å². The fourth-order valence-corrected chi connectivity index (χ4v) is 3.13. The number of carbonyl (C=O) groups excluding carboxylic acids is 1. The quantitative estimate of drug-likeness (QED) is 0.676. The number of nitrogens with zero attached hydrogens (tertiary/aromatic N) is 2.